The Morgan fingerprint density at radius 1 is 0.600 bits per heavy atom. The first-order valence-corrected chi connectivity index (χ1v) is 18.6. The van der Waals surface area contributed by atoms with Crippen LogP contribution in [0.15, 0.2) is 54.6 Å². The van der Waals surface area contributed by atoms with Crippen LogP contribution in [0.2, 0.25) is 0 Å². The van der Waals surface area contributed by atoms with Crippen molar-refractivity contribution in [2.24, 2.45) is 5.92 Å². The van der Waals surface area contributed by atoms with Gasteiger partial charge in [0.25, 0.3) is 0 Å². The van der Waals surface area contributed by atoms with E-state index in [1.54, 1.807) is 6.92 Å². The summed E-state index contributed by atoms with van der Waals surface area (Å²) in [5.41, 5.74) is 8.62. The first kappa shape index (κ1) is 49.1. The Kier molecular flexibility index (Phi) is 28.2. The smallest absolute Gasteiger partial charge is 0.321 e. The summed E-state index contributed by atoms with van der Waals surface area (Å²) >= 11 is 0. The minimum absolute atomic E-state index is 0.162. The number of carbonyl (C=O) groups is 2. The molecule has 0 amide bonds. The van der Waals surface area contributed by atoms with E-state index in [0.29, 0.717) is 43.1 Å². The number of carboxylic acids is 2. The van der Waals surface area contributed by atoms with E-state index in [1.165, 1.54) is 18.4 Å². The molecule has 0 aliphatic rings. The molecule has 9 heteroatoms. The van der Waals surface area contributed by atoms with E-state index in [-0.39, 0.29) is 18.0 Å². The number of hydrogen-bond donors (Lipinski definition) is 7. The van der Waals surface area contributed by atoms with Gasteiger partial charge in [0.05, 0.1) is 5.92 Å². The summed E-state index contributed by atoms with van der Waals surface area (Å²) in [6.45, 7) is 27.2. The Labute approximate surface area is 306 Å². The normalized spacial score (nSPS) is 13.4. The van der Waals surface area contributed by atoms with Gasteiger partial charge in [0.2, 0.25) is 0 Å². The van der Waals surface area contributed by atoms with Gasteiger partial charge in [-0.2, -0.15) is 0 Å². The van der Waals surface area contributed by atoms with Crippen molar-refractivity contribution in [3.05, 3.63) is 65.7 Å². The minimum Gasteiger partial charge on any atom is -0.481 e. The second kappa shape index (κ2) is 28.7. The van der Waals surface area contributed by atoms with Crippen molar-refractivity contribution in [3.63, 3.8) is 0 Å². The number of carboxylic acid groups (broad SMARTS) is 2. The fourth-order valence-corrected chi connectivity index (χ4v) is 5.37. The van der Waals surface area contributed by atoms with E-state index in [1.807, 2.05) is 68.4 Å². The molecular weight excluding hydrogens is 626 g/mol. The predicted octanol–water partition coefficient (Wildman–Crippen LogP) is 7.53. The van der Waals surface area contributed by atoms with E-state index in [4.69, 9.17) is 15.9 Å². The first-order valence-electron chi connectivity index (χ1n) is 18.6. The summed E-state index contributed by atoms with van der Waals surface area (Å²) in [5.74, 6) is -1.88. The number of anilines is 1. The second-order valence-electron chi connectivity index (χ2n) is 14.8. The molecule has 0 bridgehead atoms. The maximum Gasteiger partial charge on any atom is 0.321 e. The van der Waals surface area contributed by atoms with Gasteiger partial charge in [0.1, 0.15) is 6.04 Å². The number of nitrogen functional groups attached to an aromatic ring is 1. The summed E-state index contributed by atoms with van der Waals surface area (Å²) in [6, 6.07) is 20.1. The standard InChI is InChI=1S/C15H24N2O2.C12H17NO2.C8H19N.C6H15N/c1-10(2)17-14(8-11(3)15(18)19)9-12-4-6-13(16)7-5-12;1-9(2)13-11(12(14)15)8-10-6-4-3-5-7-10;1-5-6-8(4)9-7(2)3;1-5(2)7-6(3)4/h4-7,10-11,14,17H,8-9,16H2,1-3H3,(H,18,19);3-7,9,11,13H,8H2,1-2H3,(H,14,15);7-9H,5-6H2,1-4H3;5-7H,1-4H3/t11-,14+;11-;8-;/m001./s1. The van der Waals surface area contributed by atoms with Gasteiger partial charge in [-0.1, -0.05) is 132 Å². The number of hydrogen-bond acceptors (Lipinski definition) is 7. The van der Waals surface area contributed by atoms with Crippen molar-refractivity contribution < 1.29 is 19.8 Å². The molecule has 0 aliphatic heterocycles. The van der Waals surface area contributed by atoms with E-state index in [2.05, 4.69) is 90.5 Å². The third-order valence-corrected chi connectivity index (χ3v) is 7.21. The van der Waals surface area contributed by atoms with E-state index < -0.39 is 18.0 Å². The summed E-state index contributed by atoms with van der Waals surface area (Å²) in [6.07, 6.45) is 4.53. The summed E-state index contributed by atoms with van der Waals surface area (Å²) in [4.78, 5) is 22.0. The van der Waals surface area contributed by atoms with Crippen LogP contribution in [0.3, 0.4) is 0 Å². The van der Waals surface area contributed by atoms with Crippen LogP contribution in [-0.4, -0.2) is 70.5 Å². The van der Waals surface area contributed by atoms with Gasteiger partial charge in [-0.3, -0.25) is 9.59 Å². The highest BCUT2D eigenvalue weighted by atomic mass is 16.4. The van der Waals surface area contributed by atoms with Crippen LogP contribution in [0, 0.1) is 5.92 Å². The molecule has 0 aromatic heterocycles. The van der Waals surface area contributed by atoms with Crippen molar-refractivity contribution in [1.29, 1.82) is 0 Å². The predicted molar refractivity (Wildman–Crippen MR) is 214 cm³/mol. The van der Waals surface area contributed by atoms with Gasteiger partial charge in [-0.15, -0.1) is 0 Å². The minimum atomic E-state index is -0.799. The third kappa shape index (κ3) is 29.9. The zero-order valence-corrected chi connectivity index (χ0v) is 33.7. The maximum atomic E-state index is 11.0. The van der Waals surface area contributed by atoms with Gasteiger partial charge in [0, 0.05) is 48.0 Å². The topological polar surface area (TPSA) is 149 Å². The molecule has 2 aromatic carbocycles. The number of nitrogens with two attached hydrogens (primary N) is 1. The van der Waals surface area contributed by atoms with Gasteiger partial charge in [0.15, 0.2) is 0 Å². The highest BCUT2D eigenvalue weighted by molar-refractivity contribution is 5.74. The average Bonchev–Trinajstić information content (AvgIpc) is 2.98. The Morgan fingerprint density at radius 2 is 1.06 bits per heavy atom. The average molecular weight is 702 g/mol. The molecule has 9 nitrogen and oxygen atoms in total. The molecular formula is C41H75N5O4. The molecule has 2 aromatic rings. The highest BCUT2D eigenvalue weighted by Gasteiger charge is 2.19. The SMILES string of the molecule is CC(C)NC(C)C.CC(C)N[C@@H](Cc1ccc(N)cc1)C[C@H](C)C(=O)O.CC(C)N[C@@H](Cc1ccccc1)C(=O)O.CCC[C@@H](C)NC(C)C. The fraction of sp³-hybridized carbons (Fsp3) is 0.659. The lowest BCUT2D eigenvalue weighted by Crippen LogP contribution is -2.42. The van der Waals surface area contributed by atoms with E-state index >= 15 is 0 Å². The molecule has 0 saturated carbocycles. The molecule has 0 heterocycles. The molecule has 288 valence electrons. The Balaban J connectivity index is 0. The lowest BCUT2D eigenvalue weighted by molar-refractivity contribution is -0.141. The summed E-state index contributed by atoms with van der Waals surface area (Å²) < 4.78 is 0. The van der Waals surface area contributed by atoms with Crippen LogP contribution in [0.25, 0.3) is 0 Å². The molecule has 0 unspecified atom stereocenters. The van der Waals surface area contributed by atoms with Gasteiger partial charge < -0.3 is 37.2 Å². The van der Waals surface area contributed by atoms with Crippen molar-refractivity contribution in [1.82, 2.24) is 21.3 Å². The monoisotopic (exact) mass is 702 g/mol. The Morgan fingerprint density at radius 3 is 1.44 bits per heavy atom. The zero-order valence-electron chi connectivity index (χ0n) is 33.7. The molecule has 0 spiro atoms. The lowest BCUT2D eigenvalue weighted by Gasteiger charge is -2.23. The van der Waals surface area contributed by atoms with Crippen LogP contribution in [0.5, 0.6) is 0 Å². The summed E-state index contributed by atoms with van der Waals surface area (Å²) in [7, 11) is 0. The molecule has 0 radical (unpaired) electrons. The maximum absolute atomic E-state index is 11.0. The zero-order chi connectivity index (χ0) is 38.8. The van der Waals surface area contributed by atoms with E-state index in [0.717, 1.165) is 17.7 Å². The summed E-state index contributed by atoms with van der Waals surface area (Å²) in [5, 5.41) is 31.3. The van der Waals surface area contributed by atoms with Crippen LogP contribution < -0.4 is 27.0 Å². The lowest BCUT2D eigenvalue weighted by atomic mass is 9.95. The van der Waals surface area contributed by atoms with Crippen molar-refractivity contribution in [3.8, 4) is 0 Å². The number of aliphatic carboxylic acids is 2. The van der Waals surface area contributed by atoms with Crippen molar-refractivity contribution >= 4 is 17.6 Å². The van der Waals surface area contributed by atoms with Crippen molar-refractivity contribution in [2.75, 3.05) is 5.73 Å². The van der Waals surface area contributed by atoms with Crippen LogP contribution in [0.4, 0.5) is 5.69 Å². The molecule has 0 saturated heterocycles. The fourth-order valence-electron chi connectivity index (χ4n) is 5.37. The van der Waals surface area contributed by atoms with Gasteiger partial charge >= 0.3 is 11.9 Å². The number of benzene rings is 2. The third-order valence-electron chi connectivity index (χ3n) is 7.21. The Bertz CT molecular complexity index is 1100. The van der Waals surface area contributed by atoms with Gasteiger partial charge in [-0.25, -0.2) is 0 Å². The van der Waals surface area contributed by atoms with Crippen LogP contribution in [0.1, 0.15) is 120 Å². The molecule has 0 aliphatic carbocycles. The molecule has 0 fully saturated rings. The highest BCUT2D eigenvalue weighted by Crippen LogP contribution is 2.14. The first-order chi connectivity index (χ1) is 23.3. The molecule has 2 rings (SSSR count). The van der Waals surface area contributed by atoms with Gasteiger partial charge in [-0.05, 0) is 55.9 Å². The Hall–Kier alpha value is -2.98. The molecule has 4 atom stereocenters. The number of nitrogens with one attached hydrogen (secondary N) is 4. The van der Waals surface area contributed by atoms with Crippen LogP contribution in [-0.2, 0) is 22.4 Å². The van der Waals surface area contributed by atoms with Crippen molar-refractivity contribution in [2.45, 2.75) is 170 Å². The largest absolute Gasteiger partial charge is 0.481 e. The molecule has 8 N–H and O–H groups in total. The number of rotatable bonds is 18. The van der Waals surface area contributed by atoms with Crippen LogP contribution >= 0.6 is 0 Å². The van der Waals surface area contributed by atoms with E-state index in [9.17, 15) is 9.59 Å². The second-order valence-corrected chi connectivity index (χ2v) is 14.8. The quantitative estimate of drug-likeness (QED) is 0.0783. The molecule has 50 heavy (non-hydrogen) atoms.